The molecule has 0 saturated carbocycles. The van der Waals surface area contributed by atoms with Crippen LogP contribution in [-0.4, -0.2) is 55.8 Å². The average molecular weight is 387 g/mol. The highest BCUT2D eigenvalue weighted by molar-refractivity contribution is 6.74. The van der Waals surface area contributed by atoms with E-state index in [1.165, 1.54) is 6.20 Å². The maximum absolute atomic E-state index is 9.41. The maximum atomic E-state index is 9.41. The van der Waals surface area contributed by atoms with Gasteiger partial charge >= 0.3 is 7.12 Å². The van der Waals surface area contributed by atoms with Crippen LogP contribution < -0.4 is 10.8 Å². The highest BCUT2D eigenvalue weighted by atomic mass is 35.5. The van der Waals surface area contributed by atoms with E-state index in [0.717, 1.165) is 6.42 Å². The Morgan fingerprint density at radius 3 is 2.68 bits per heavy atom. The summed E-state index contributed by atoms with van der Waals surface area (Å²) in [5.74, 6) is 0.545. The standard InChI is InChI=1S/C16H28BClN2O4Si/c1-16(2,3)25(4,5)24-14-10-23-7-6-13(14)20-15-8-11(17(21)22)12(18)9-19-15/h8-9,13-14,21-22H,6-7,10H2,1-5H3,(H,19,20)/t13-,14-/m1/s1. The smallest absolute Gasteiger partial charge is 0.423 e. The first-order valence-corrected chi connectivity index (χ1v) is 11.8. The molecule has 3 N–H and O–H groups in total. The molecule has 2 rings (SSSR count). The molecule has 1 fully saturated rings. The monoisotopic (exact) mass is 386 g/mol. The highest BCUT2D eigenvalue weighted by Gasteiger charge is 2.41. The van der Waals surface area contributed by atoms with Crippen molar-refractivity contribution in [1.29, 1.82) is 0 Å². The summed E-state index contributed by atoms with van der Waals surface area (Å²) in [5.41, 5.74) is 0.230. The van der Waals surface area contributed by atoms with E-state index in [2.05, 4.69) is 44.2 Å². The van der Waals surface area contributed by atoms with E-state index in [1.54, 1.807) is 6.07 Å². The number of aromatic nitrogens is 1. The van der Waals surface area contributed by atoms with E-state index in [9.17, 15) is 10.0 Å². The lowest BCUT2D eigenvalue weighted by Gasteiger charge is -2.43. The van der Waals surface area contributed by atoms with Crippen molar-refractivity contribution in [2.75, 3.05) is 18.5 Å². The van der Waals surface area contributed by atoms with Gasteiger partial charge in [0.25, 0.3) is 0 Å². The molecule has 25 heavy (non-hydrogen) atoms. The number of rotatable bonds is 5. The number of pyridine rings is 1. The van der Waals surface area contributed by atoms with Gasteiger partial charge in [-0.2, -0.15) is 0 Å². The van der Waals surface area contributed by atoms with Crippen molar-refractivity contribution in [3.05, 3.63) is 17.3 Å². The van der Waals surface area contributed by atoms with Crippen LogP contribution in [0, 0.1) is 0 Å². The van der Waals surface area contributed by atoms with Crippen molar-refractivity contribution in [2.24, 2.45) is 0 Å². The average Bonchev–Trinajstić information content (AvgIpc) is 2.49. The zero-order valence-corrected chi connectivity index (χ0v) is 17.3. The Balaban J connectivity index is 2.15. The van der Waals surface area contributed by atoms with Crippen molar-refractivity contribution in [1.82, 2.24) is 4.98 Å². The number of halogens is 1. The van der Waals surface area contributed by atoms with Gasteiger partial charge in [0.1, 0.15) is 5.82 Å². The summed E-state index contributed by atoms with van der Waals surface area (Å²) < 4.78 is 12.2. The summed E-state index contributed by atoms with van der Waals surface area (Å²) in [7, 11) is -3.56. The van der Waals surface area contributed by atoms with Crippen LogP contribution in [0.15, 0.2) is 12.3 Å². The SMILES string of the molecule is CC(C)(C)[Si](C)(C)O[C@@H]1COCC[C@H]1Nc1cc(B(O)O)c(Cl)cn1. The molecule has 1 saturated heterocycles. The van der Waals surface area contributed by atoms with Crippen LogP contribution in [0.25, 0.3) is 0 Å². The Kier molecular flexibility index (Phi) is 6.56. The molecule has 1 aliphatic rings. The van der Waals surface area contributed by atoms with Crippen LogP contribution in [0.4, 0.5) is 5.82 Å². The number of nitrogens with one attached hydrogen (secondary N) is 1. The Morgan fingerprint density at radius 1 is 1.40 bits per heavy atom. The molecule has 2 atom stereocenters. The van der Waals surface area contributed by atoms with Crippen molar-refractivity contribution in [3.63, 3.8) is 0 Å². The quantitative estimate of drug-likeness (QED) is 0.671. The number of ether oxygens (including phenoxy) is 1. The summed E-state index contributed by atoms with van der Waals surface area (Å²) in [6, 6.07) is 1.60. The molecular formula is C16H28BClN2O4Si. The van der Waals surface area contributed by atoms with Gasteiger partial charge in [-0.05, 0) is 30.6 Å². The second-order valence-corrected chi connectivity index (χ2v) is 13.2. The molecule has 1 aromatic heterocycles. The molecule has 9 heteroatoms. The minimum atomic E-state index is -1.93. The molecule has 1 aliphatic heterocycles. The summed E-state index contributed by atoms with van der Waals surface area (Å²) >= 11 is 5.95. The van der Waals surface area contributed by atoms with Crippen LogP contribution in [-0.2, 0) is 9.16 Å². The van der Waals surface area contributed by atoms with Crippen LogP contribution in [0.3, 0.4) is 0 Å². The zero-order valence-electron chi connectivity index (χ0n) is 15.5. The van der Waals surface area contributed by atoms with E-state index in [-0.39, 0.29) is 27.7 Å². The van der Waals surface area contributed by atoms with Gasteiger partial charge in [-0.1, -0.05) is 32.4 Å². The zero-order chi connectivity index (χ0) is 18.8. The lowest BCUT2D eigenvalue weighted by Crippen LogP contribution is -2.52. The normalized spacial score (nSPS) is 21.9. The molecule has 2 heterocycles. The summed E-state index contributed by atoms with van der Waals surface area (Å²) in [6.07, 6.45) is 2.14. The van der Waals surface area contributed by atoms with E-state index >= 15 is 0 Å². The lowest BCUT2D eigenvalue weighted by atomic mass is 9.81. The van der Waals surface area contributed by atoms with Crippen molar-refractivity contribution in [3.8, 4) is 0 Å². The molecule has 6 nitrogen and oxygen atoms in total. The molecule has 140 valence electrons. The fourth-order valence-corrected chi connectivity index (χ4v) is 4.01. The van der Waals surface area contributed by atoms with Gasteiger partial charge in [0.2, 0.25) is 0 Å². The molecule has 0 aliphatic carbocycles. The first-order chi connectivity index (χ1) is 11.5. The number of hydrogen-bond donors (Lipinski definition) is 3. The highest BCUT2D eigenvalue weighted by Crippen LogP contribution is 2.38. The third-order valence-corrected chi connectivity index (χ3v) is 9.87. The molecule has 0 radical (unpaired) electrons. The largest absolute Gasteiger partial charge is 0.490 e. The topological polar surface area (TPSA) is 83.8 Å². The van der Waals surface area contributed by atoms with E-state index in [4.69, 9.17) is 20.8 Å². The minimum Gasteiger partial charge on any atom is -0.423 e. The van der Waals surface area contributed by atoms with Crippen molar-refractivity contribution >= 4 is 38.3 Å². The van der Waals surface area contributed by atoms with Crippen molar-refractivity contribution < 1.29 is 19.2 Å². The Labute approximate surface area is 156 Å². The number of anilines is 1. The summed E-state index contributed by atoms with van der Waals surface area (Å²) in [6.45, 7) is 12.3. The Morgan fingerprint density at radius 2 is 2.08 bits per heavy atom. The molecule has 0 unspecified atom stereocenters. The van der Waals surface area contributed by atoms with E-state index in [1.807, 2.05) is 0 Å². The first kappa shape index (κ1) is 20.7. The molecule has 0 bridgehead atoms. The van der Waals surface area contributed by atoms with Crippen LogP contribution in [0.1, 0.15) is 27.2 Å². The van der Waals surface area contributed by atoms with Crippen LogP contribution >= 0.6 is 11.6 Å². The lowest BCUT2D eigenvalue weighted by molar-refractivity contribution is -0.00702. The third-order valence-electron chi connectivity index (χ3n) is 5.05. The van der Waals surface area contributed by atoms with Crippen molar-refractivity contribution in [2.45, 2.75) is 57.5 Å². The van der Waals surface area contributed by atoms with Gasteiger partial charge in [0.15, 0.2) is 8.32 Å². The van der Waals surface area contributed by atoms with Gasteiger partial charge < -0.3 is 24.5 Å². The summed E-state index contributed by atoms with van der Waals surface area (Å²) in [4.78, 5) is 4.24. The Bertz CT molecular complexity index is 598. The van der Waals surface area contributed by atoms with Crippen LogP contribution in [0.5, 0.6) is 0 Å². The fourth-order valence-electron chi connectivity index (χ4n) is 2.47. The Hall–Kier alpha value is -0.638. The van der Waals surface area contributed by atoms with Gasteiger partial charge in [-0.15, -0.1) is 0 Å². The van der Waals surface area contributed by atoms with Gasteiger partial charge in [-0.25, -0.2) is 4.98 Å². The van der Waals surface area contributed by atoms with Crippen LogP contribution in [0.2, 0.25) is 23.2 Å². The number of nitrogens with zero attached hydrogens (tertiary/aromatic N) is 1. The third kappa shape index (κ3) is 5.18. The molecule has 0 aromatic carbocycles. The predicted molar refractivity (Wildman–Crippen MR) is 104 cm³/mol. The molecule has 1 aromatic rings. The molecule has 0 amide bonds. The maximum Gasteiger partial charge on any atom is 0.490 e. The van der Waals surface area contributed by atoms with Gasteiger partial charge in [0.05, 0.1) is 23.8 Å². The first-order valence-electron chi connectivity index (χ1n) is 8.55. The van der Waals surface area contributed by atoms with E-state index in [0.29, 0.717) is 19.0 Å². The number of hydrogen-bond acceptors (Lipinski definition) is 6. The van der Waals surface area contributed by atoms with Gasteiger partial charge in [0, 0.05) is 18.3 Å². The fraction of sp³-hybridized carbons (Fsp3) is 0.688. The second-order valence-electron chi connectivity index (χ2n) is 8.00. The molecule has 0 spiro atoms. The van der Waals surface area contributed by atoms with E-state index < -0.39 is 15.4 Å². The second kappa shape index (κ2) is 7.94. The summed E-state index contributed by atoms with van der Waals surface area (Å²) in [5, 5.41) is 22.5. The van der Waals surface area contributed by atoms with Gasteiger partial charge in [-0.3, -0.25) is 0 Å². The minimum absolute atomic E-state index is 0.0419. The predicted octanol–water partition coefficient (Wildman–Crippen LogP) is 2.01. The molecular weight excluding hydrogens is 359 g/mol.